The topological polar surface area (TPSA) is 35.2 Å². The zero-order chi connectivity index (χ0) is 16.5. The van der Waals surface area contributed by atoms with E-state index >= 15 is 0 Å². The number of hydrogen-bond donors (Lipinski definition) is 1. The molecule has 0 heterocycles. The maximum Gasteiger partial charge on any atom is 0.131 e. The van der Waals surface area contributed by atoms with Gasteiger partial charge in [0, 0.05) is 11.3 Å². The Morgan fingerprint density at radius 1 is 0.773 bits per heavy atom. The number of nitrogen functional groups attached to an aromatic ring is 1. The van der Waals surface area contributed by atoms with Crippen molar-refractivity contribution in [3.8, 4) is 11.5 Å². The van der Waals surface area contributed by atoms with E-state index in [1.165, 1.54) is 11.1 Å². The Hall–Kier alpha value is -1.96. The van der Waals surface area contributed by atoms with E-state index in [4.69, 9.17) is 10.5 Å². The van der Waals surface area contributed by atoms with Crippen LogP contribution in [-0.4, -0.2) is 0 Å². The van der Waals surface area contributed by atoms with Gasteiger partial charge in [-0.2, -0.15) is 0 Å². The maximum absolute atomic E-state index is 6.17. The molecule has 0 amide bonds. The van der Waals surface area contributed by atoms with Gasteiger partial charge in [-0.05, 0) is 46.7 Å². The van der Waals surface area contributed by atoms with Crippen molar-refractivity contribution < 1.29 is 4.74 Å². The van der Waals surface area contributed by atoms with E-state index < -0.39 is 0 Å². The Morgan fingerprint density at radius 2 is 1.36 bits per heavy atom. The van der Waals surface area contributed by atoms with Crippen molar-refractivity contribution in [2.45, 2.75) is 52.4 Å². The van der Waals surface area contributed by atoms with E-state index in [2.05, 4.69) is 59.7 Å². The van der Waals surface area contributed by atoms with Crippen LogP contribution in [0.15, 0.2) is 42.5 Å². The van der Waals surface area contributed by atoms with Gasteiger partial charge in [0.1, 0.15) is 11.5 Å². The fourth-order valence-corrected chi connectivity index (χ4v) is 2.36. The van der Waals surface area contributed by atoms with E-state index in [0.717, 1.165) is 17.2 Å². The zero-order valence-electron chi connectivity index (χ0n) is 14.5. The molecule has 0 unspecified atom stereocenters. The molecule has 2 N–H and O–H groups in total. The van der Waals surface area contributed by atoms with Crippen molar-refractivity contribution >= 4 is 5.69 Å². The first kappa shape index (κ1) is 16.4. The van der Waals surface area contributed by atoms with Crippen LogP contribution in [0.2, 0.25) is 0 Å². The van der Waals surface area contributed by atoms with Gasteiger partial charge in [-0.25, -0.2) is 0 Å². The van der Waals surface area contributed by atoms with Crippen LogP contribution in [0.5, 0.6) is 11.5 Å². The predicted molar refractivity (Wildman–Crippen MR) is 94.8 cm³/mol. The first-order valence-corrected chi connectivity index (χ1v) is 7.76. The van der Waals surface area contributed by atoms with Crippen molar-refractivity contribution in [1.82, 2.24) is 0 Å². The van der Waals surface area contributed by atoms with Gasteiger partial charge < -0.3 is 10.5 Å². The summed E-state index contributed by atoms with van der Waals surface area (Å²) in [7, 11) is 0. The molecule has 0 aliphatic heterocycles. The van der Waals surface area contributed by atoms with E-state index in [1.54, 1.807) is 0 Å². The van der Waals surface area contributed by atoms with Gasteiger partial charge in [0.25, 0.3) is 0 Å². The monoisotopic (exact) mass is 297 g/mol. The highest BCUT2D eigenvalue weighted by molar-refractivity contribution is 5.47. The minimum absolute atomic E-state index is 0.0273. The second-order valence-corrected chi connectivity index (χ2v) is 7.88. The van der Waals surface area contributed by atoms with Gasteiger partial charge in [0.15, 0.2) is 0 Å². The molecule has 2 aromatic carbocycles. The SMILES string of the molecule is CC(C)(C)c1ccc(C(C)(C)C)c(Oc2ccc(N)cc2)c1. The van der Waals surface area contributed by atoms with Gasteiger partial charge >= 0.3 is 0 Å². The molecule has 2 rings (SSSR count). The lowest BCUT2D eigenvalue weighted by Crippen LogP contribution is -2.16. The standard InChI is InChI=1S/C20H27NO/c1-19(2,3)14-7-12-17(20(4,5)6)18(13-14)22-16-10-8-15(21)9-11-16/h7-13H,21H2,1-6H3. The lowest BCUT2D eigenvalue weighted by atomic mass is 9.81. The van der Waals surface area contributed by atoms with Crippen LogP contribution in [0.3, 0.4) is 0 Å². The van der Waals surface area contributed by atoms with E-state index in [1.807, 2.05) is 24.3 Å². The second kappa shape index (κ2) is 5.68. The van der Waals surface area contributed by atoms with Crippen LogP contribution in [0.1, 0.15) is 52.7 Å². The van der Waals surface area contributed by atoms with Gasteiger partial charge in [-0.3, -0.25) is 0 Å². The van der Waals surface area contributed by atoms with E-state index in [0.29, 0.717) is 0 Å². The molecule has 2 aromatic rings. The smallest absolute Gasteiger partial charge is 0.131 e. The molecule has 0 fully saturated rings. The molecule has 0 saturated carbocycles. The molecule has 0 aromatic heterocycles. The highest BCUT2D eigenvalue weighted by Crippen LogP contribution is 2.37. The average molecular weight is 297 g/mol. The maximum atomic E-state index is 6.17. The molecule has 2 nitrogen and oxygen atoms in total. The number of nitrogens with two attached hydrogens (primary N) is 1. The minimum atomic E-state index is 0.0273. The van der Waals surface area contributed by atoms with Gasteiger partial charge in [0.2, 0.25) is 0 Å². The van der Waals surface area contributed by atoms with Gasteiger partial charge in [-0.15, -0.1) is 0 Å². The number of rotatable bonds is 2. The molecule has 0 spiro atoms. The summed E-state index contributed by atoms with van der Waals surface area (Å²) < 4.78 is 6.17. The molecule has 2 heteroatoms. The summed E-state index contributed by atoms with van der Waals surface area (Å²) in [4.78, 5) is 0. The third-order valence-electron chi connectivity index (χ3n) is 3.76. The second-order valence-electron chi connectivity index (χ2n) is 7.88. The van der Waals surface area contributed by atoms with Crippen molar-refractivity contribution in [3.63, 3.8) is 0 Å². The normalized spacial score (nSPS) is 12.3. The predicted octanol–water partition coefficient (Wildman–Crippen LogP) is 5.66. The Morgan fingerprint density at radius 3 is 1.86 bits per heavy atom. The molecule has 118 valence electrons. The fraction of sp³-hybridized carbons (Fsp3) is 0.400. The molecule has 0 atom stereocenters. The molecule has 0 saturated heterocycles. The van der Waals surface area contributed by atoms with Crippen LogP contribution in [0, 0.1) is 0 Å². The molecule has 0 aliphatic rings. The molecule has 0 radical (unpaired) electrons. The molecule has 0 bridgehead atoms. The summed E-state index contributed by atoms with van der Waals surface area (Å²) in [5.74, 6) is 1.73. The summed E-state index contributed by atoms with van der Waals surface area (Å²) in [5.41, 5.74) is 9.08. The number of hydrogen-bond acceptors (Lipinski definition) is 2. The number of anilines is 1. The first-order chi connectivity index (χ1) is 10.1. The van der Waals surface area contributed by atoms with Crippen molar-refractivity contribution in [2.75, 3.05) is 5.73 Å². The van der Waals surface area contributed by atoms with Crippen LogP contribution in [0.25, 0.3) is 0 Å². The third kappa shape index (κ3) is 3.82. The molecular formula is C20H27NO. The fourth-order valence-electron chi connectivity index (χ4n) is 2.36. The Balaban J connectivity index is 2.47. The third-order valence-corrected chi connectivity index (χ3v) is 3.76. The minimum Gasteiger partial charge on any atom is -0.457 e. The summed E-state index contributed by atoms with van der Waals surface area (Å²) >= 11 is 0. The molecular weight excluding hydrogens is 270 g/mol. The summed E-state index contributed by atoms with van der Waals surface area (Å²) in [5, 5.41) is 0. The van der Waals surface area contributed by atoms with Crippen molar-refractivity contribution in [2.24, 2.45) is 0 Å². The van der Waals surface area contributed by atoms with E-state index in [-0.39, 0.29) is 10.8 Å². The lowest BCUT2D eigenvalue weighted by Gasteiger charge is -2.26. The van der Waals surface area contributed by atoms with Crippen LogP contribution >= 0.6 is 0 Å². The highest BCUT2D eigenvalue weighted by Gasteiger charge is 2.22. The van der Waals surface area contributed by atoms with E-state index in [9.17, 15) is 0 Å². The lowest BCUT2D eigenvalue weighted by molar-refractivity contribution is 0.452. The Bertz CT molecular complexity index is 643. The summed E-state index contributed by atoms with van der Waals surface area (Å²) in [6.07, 6.45) is 0. The number of ether oxygens (including phenoxy) is 1. The Kier molecular flexibility index (Phi) is 4.23. The van der Waals surface area contributed by atoms with Crippen LogP contribution in [-0.2, 0) is 10.8 Å². The molecule has 0 aliphatic carbocycles. The highest BCUT2D eigenvalue weighted by atomic mass is 16.5. The van der Waals surface area contributed by atoms with Crippen LogP contribution in [0.4, 0.5) is 5.69 Å². The van der Waals surface area contributed by atoms with Gasteiger partial charge in [-0.1, -0.05) is 53.7 Å². The largest absolute Gasteiger partial charge is 0.457 e. The zero-order valence-corrected chi connectivity index (χ0v) is 14.5. The first-order valence-electron chi connectivity index (χ1n) is 7.76. The van der Waals surface area contributed by atoms with Crippen LogP contribution < -0.4 is 10.5 Å². The van der Waals surface area contributed by atoms with Gasteiger partial charge in [0.05, 0.1) is 0 Å². The summed E-state index contributed by atoms with van der Waals surface area (Å²) in [6, 6.07) is 14.1. The quantitative estimate of drug-likeness (QED) is 0.726. The summed E-state index contributed by atoms with van der Waals surface area (Å²) in [6.45, 7) is 13.3. The van der Waals surface area contributed by atoms with Crippen molar-refractivity contribution in [3.05, 3.63) is 53.6 Å². The average Bonchev–Trinajstić information content (AvgIpc) is 2.39. The molecule has 22 heavy (non-hydrogen) atoms. The number of benzene rings is 2. The Labute approximate surface area is 134 Å². The van der Waals surface area contributed by atoms with Crippen molar-refractivity contribution in [1.29, 1.82) is 0 Å².